The van der Waals surface area contributed by atoms with Crippen LogP contribution in [0.15, 0.2) is 48.5 Å². The lowest BCUT2D eigenvalue weighted by Crippen LogP contribution is -2.50. The molecule has 1 fully saturated rings. The number of nitrogens with one attached hydrogen (secondary N) is 1. The van der Waals surface area contributed by atoms with Gasteiger partial charge in [-0.05, 0) is 43.5 Å². The lowest BCUT2D eigenvalue weighted by Gasteiger charge is -2.41. The Hall–Kier alpha value is -2.49. The molecular formula is C20H23N3O. The average molecular weight is 321 g/mol. The Labute approximate surface area is 143 Å². The molecule has 2 heterocycles. The molecule has 2 aromatic rings. The van der Waals surface area contributed by atoms with Crippen molar-refractivity contribution in [1.82, 2.24) is 4.90 Å². The Morgan fingerprint density at radius 2 is 1.71 bits per heavy atom. The van der Waals surface area contributed by atoms with Crippen LogP contribution in [0.3, 0.4) is 0 Å². The van der Waals surface area contributed by atoms with E-state index in [2.05, 4.69) is 47.5 Å². The van der Waals surface area contributed by atoms with Gasteiger partial charge in [-0.3, -0.25) is 0 Å². The Balaban J connectivity index is 1.43. The number of piperidine rings is 1. The van der Waals surface area contributed by atoms with E-state index in [1.807, 2.05) is 23.1 Å². The first kappa shape index (κ1) is 15.1. The smallest absolute Gasteiger partial charge is 0.322 e. The first-order chi connectivity index (χ1) is 11.7. The molecule has 0 atom stereocenters. The summed E-state index contributed by atoms with van der Waals surface area (Å²) in [5.41, 5.74) is 4.73. The molecule has 2 aromatic carbocycles. The largest absolute Gasteiger partial charge is 0.371 e. The second kappa shape index (κ2) is 6.19. The van der Waals surface area contributed by atoms with Crippen LogP contribution in [0.4, 0.5) is 16.2 Å². The molecule has 4 nitrogen and oxygen atoms in total. The van der Waals surface area contributed by atoms with Crippen molar-refractivity contribution in [3.05, 3.63) is 59.7 Å². The molecule has 0 saturated carbocycles. The maximum Gasteiger partial charge on any atom is 0.322 e. The van der Waals surface area contributed by atoms with Gasteiger partial charge in [-0.15, -0.1) is 0 Å². The van der Waals surface area contributed by atoms with Crippen LogP contribution in [0.2, 0.25) is 0 Å². The van der Waals surface area contributed by atoms with Crippen molar-refractivity contribution in [2.75, 3.05) is 23.3 Å². The van der Waals surface area contributed by atoms with Crippen molar-refractivity contribution in [1.29, 1.82) is 0 Å². The van der Waals surface area contributed by atoms with Crippen molar-refractivity contribution in [3.8, 4) is 0 Å². The van der Waals surface area contributed by atoms with Crippen LogP contribution in [0, 0.1) is 6.92 Å². The van der Waals surface area contributed by atoms with Crippen LogP contribution in [-0.2, 0) is 6.54 Å². The second-order valence-corrected chi connectivity index (χ2v) is 6.77. The van der Waals surface area contributed by atoms with Crippen LogP contribution in [0.25, 0.3) is 0 Å². The van der Waals surface area contributed by atoms with Gasteiger partial charge < -0.3 is 15.1 Å². The molecule has 2 aliphatic heterocycles. The third-order valence-corrected chi connectivity index (χ3v) is 5.16. The average Bonchev–Trinajstić information content (AvgIpc) is 2.62. The Morgan fingerprint density at radius 3 is 2.46 bits per heavy atom. The van der Waals surface area contributed by atoms with Gasteiger partial charge in [0.25, 0.3) is 0 Å². The molecule has 2 amide bonds. The topological polar surface area (TPSA) is 35.6 Å². The molecule has 124 valence electrons. The zero-order valence-electron chi connectivity index (χ0n) is 14.0. The first-order valence-electron chi connectivity index (χ1n) is 8.68. The summed E-state index contributed by atoms with van der Waals surface area (Å²) in [6.07, 6.45) is 2.03. The number of anilines is 2. The quantitative estimate of drug-likeness (QED) is 0.907. The fourth-order valence-corrected chi connectivity index (χ4v) is 3.71. The summed E-state index contributed by atoms with van der Waals surface area (Å²) >= 11 is 0. The number of amides is 2. The van der Waals surface area contributed by atoms with Gasteiger partial charge in [-0.2, -0.15) is 0 Å². The number of fused-ring (bicyclic) bond motifs is 1. The van der Waals surface area contributed by atoms with Crippen LogP contribution in [0.5, 0.6) is 0 Å². The van der Waals surface area contributed by atoms with Crippen LogP contribution in [0.1, 0.15) is 24.0 Å². The molecular weight excluding hydrogens is 298 g/mol. The highest BCUT2D eigenvalue weighted by Crippen LogP contribution is 2.29. The standard InChI is InChI=1S/C20H23N3O/c1-15-6-8-17(9-7-15)22-12-10-18(11-13-22)23-14-16-4-2-3-5-19(16)21-20(23)24/h2-9,18H,10-14H2,1H3,(H,21,24). The number of nitrogens with zero attached hydrogens (tertiary/aromatic N) is 2. The summed E-state index contributed by atoms with van der Waals surface area (Å²) in [4.78, 5) is 16.9. The van der Waals surface area contributed by atoms with Crippen LogP contribution >= 0.6 is 0 Å². The minimum absolute atomic E-state index is 0.0440. The van der Waals surface area contributed by atoms with E-state index < -0.39 is 0 Å². The summed E-state index contributed by atoms with van der Waals surface area (Å²) in [5.74, 6) is 0. The number of urea groups is 1. The summed E-state index contributed by atoms with van der Waals surface area (Å²) in [5, 5.41) is 3.03. The molecule has 0 aliphatic carbocycles. The fraction of sp³-hybridized carbons (Fsp3) is 0.350. The molecule has 0 aromatic heterocycles. The van der Waals surface area contributed by atoms with Gasteiger partial charge in [0.2, 0.25) is 0 Å². The third-order valence-electron chi connectivity index (χ3n) is 5.16. The Bertz CT molecular complexity index is 733. The van der Waals surface area contributed by atoms with Gasteiger partial charge in [0.05, 0.1) is 0 Å². The van der Waals surface area contributed by atoms with Gasteiger partial charge in [-0.1, -0.05) is 35.9 Å². The summed E-state index contributed by atoms with van der Waals surface area (Å²) in [7, 11) is 0. The van der Waals surface area contributed by atoms with E-state index in [0.717, 1.165) is 38.2 Å². The normalized spacial score (nSPS) is 18.3. The lowest BCUT2D eigenvalue weighted by molar-refractivity contribution is 0.167. The van der Waals surface area contributed by atoms with E-state index in [4.69, 9.17) is 0 Å². The predicted molar refractivity (Wildman–Crippen MR) is 97.4 cm³/mol. The number of para-hydroxylation sites is 1. The van der Waals surface area contributed by atoms with Crippen molar-refractivity contribution in [2.24, 2.45) is 0 Å². The maximum atomic E-state index is 12.4. The summed E-state index contributed by atoms with van der Waals surface area (Å²) < 4.78 is 0. The van der Waals surface area contributed by atoms with E-state index in [9.17, 15) is 4.79 Å². The number of carbonyl (C=O) groups excluding carboxylic acids is 1. The molecule has 1 saturated heterocycles. The molecule has 0 spiro atoms. The van der Waals surface area contributed by atoms with E-state index in [-0.39, 0.29) is 6.03 Å². The number of rotatable bonds is 2. The predicted octanol–water partition coefficient (Wildman–Crippen LogP) is 4.01. The summed E-state index contributed by atoms with van der Waals surface area (Å²) in [6.45, 7) is 4.83. The molecule has 2 aliphatic rings. The highest BCUT2D eigenvalue weighted by molar-refractivity contribution is 5.92. The third kappa shape index (κ3) is 2.84. The van der Waals surface area contributed by atoms with Crippen LogP contribution < -0.4 is 10.2 Å². The maximum absolute atomic E-state index is 12.4. The zero-order chi connectivity index (χ0) is 16.5. The molecule has 1 N–H and O–H groups in total. The first-order valence-corrected chi connectivity index (χ1v) is 8.68. The van der Waals surface area contributed by atoms with Crippen molar-refractivity contribution >= 4 is 17.4 Å². The molecule has 4 rings (SSSR count). The monoisotopic (exact) mass is 321 g/mol. The Kier molecular flexibility index (Phi) is 3.89. The molecule has 4 heteroatoms. The Morgan fingerprint density at radius 1 is 1.00 bits per heavy atom. The van der Waals surface area contributed by atoms with E-state index in [0.29, 0.717) is 6.04 Å². The van der Waals surface area contributed by atoms with Crippen molar-refractivity contribution in [2.45, 2.75) is 32.4 Å². The highest BCUT2D eigenvalue weighted by atomic mass is 16.2. The van der Waals surface area contributed by atoms with Gasteiger partial charge >= 0.3 is 6.03 Å². The number of hydrogen-bond donors (Lipinski definition) is 1. The van der Waals surface area contributed by atoms with Crippen molar-refractivity contribution < 1.29 is 4.79 Å². The van der Waals surface area contributed by atoms with Gasteiger partial charge in [0.1, 0.15) is 0 Å². The van der Waals surface area contributed by atoms with Gasteiger partial charge in [-0.25, -0.2) is 4.79 Å². The second-order valence-electron chi connectivity index (χ2n) is 6.77. The molecule has 0 unspecified atom stereocenters. The molecule has 24 heavy (non-hydrogen) atoms. The molecule has 0 radical (unpaired) electrons. The number of hydrogen-bond acceptors (Lipinski definition) is 2. The minimum atomic E-state index is 0.0440. The van der Waals surface area contributed by atoms with Gasteiger partial charge in [0.15, 0.2) is 0 Å². The summed E-state index contributed by atoms with van der Waals surface area (Å²) in [6, 6.07) is 17.2. The molecule has 0 bridgehead atoms. The SMILES string of the molecule is Cc1ccc(N2CCC(N3Cc4ccccc4NC3=O)CC2)cc1. The zero-order valence-corrected chi connectivity index (χ0v) is 14.0. The number of benzene rings is 2. The van der Waals surface area contributed by atoms with E-state index >= 15 is 0 Å². The number of aryl methyl sites for hydroxylation is 1. The van der Waals surface area contributed by atoms with Crippen molar-refractivity contribution in [3.63, 3.8) is 0 Å². The van der Waals surface area contributed by atoms with Gasteiger partial charge in [0, 0.05) is 37.1 Å². The van der Waals surface area contributed by atoms with Crippen LogP contribution in [-0.4, -0.2) is 30.1 Å². The fourth-order valence-electron chi connectivity index (χ4n) is 3.71. The minimum Gasteiger partial charge on any atom is -0.371 e. The lowest BCUT2D eigenvalue weighted by atomic mass is 10.0. The van der Waals surface area contributed by atoms with E-state index in [1.165, 1.54) is 16.8 Å². The van der Waals surface area contributed by atoms with E-state index in [1.54, 1.807) is 0 Å². The highest BCUT2D eigenvalue weighted by Gasteiger charge is 2.31. The number of carbonyl (C=O) groups is 1.